The van der Waals surface area contributed by atoms with E-state index in [1.165, 1.54) is 17.8 Å². The third-order valence-corrected chi connectivity index (χ3v) is 4.88. The van der Waals surface area contributed by atoms with Gasteiger partial charge in [-0.1, -0.05) is 44.7 Å². The van der Waals surface area contributed by atoms with E-state index >= 15 is 0 Å². The van der Waals surface area contributed by atoms with Crippen molar-refractivity contribution in [2.24, 2.45) is 11.3 Å². The van der Waals surface area contributed by atoms with Crippen LogP contribution in [0.1, 0.15) is 25.8 Å². The summed E-state index contributed by atoms with van der Waals surface area (Å²) in [5, 5.41) is 0. The predicted molar refractivity (Wildman–Crippen MR) is 86.9 cm³/mol. The van der Waals surface area contributed by atoms with E-state index in [9.17, 15) is 13.2 Å². The molecule has 1 fully saturated rings. The van der Waals surface area contributed by atoms with Gasteiger partial charge in [0.2, 0.25) is 0 Å². The monoisotopic (exact) mass is 335 g/mol. The van der Waals surface area contributed by atoms with E-state index in [-0.39, 0.29) is 11.2 Å². The summed E-state index contributed by atoms with van der Waals surface area (Å²) in [4.78, 5) is 2.17. The van der Waals surface area contributed by atoms with E-state index in [2.05, 4.69) is 42.2 Å². The highest BCUT2D eigenvalue weighted by Crippen LogP contribution is 2.52. The molecule has 0 N–H and O–H groups in total. The number of allylic oxidation sites excluding steroid dienone is 5. The van der Waals surface area contributed by atoms with Crippen molar-refractivity contribution in [3.63, 3.8) is 0 Å². The third kappa shape index (κ3) is 3.07. The predicted octanol–water partition coefficient (Wildman–Crippen LogP) is 5.40. The van der Waals surface area contributed by atoms with Crippen molar-refractivity contribution in [3.05, 3.63) is 66.0 Å². The van der Waals surface area contributed by atoms with Crippen LogP contribution in [0, 0.1) is 11.3 Å². The lowest BCUT2D eigenvalue weighted by Crippen LogP contribution is -2.20. The summed E-state index contributed by atoms with van der Waals surface area (Å²) in [6.07, 6.45) is 2.63. The summed E-state index contributed by atoms with van der Waals surface area (Å²) >= 11 is 0. The standard InChI is InChI=1S/C19H20F3NO/c1-13-18(2,3)16-6-4-5-7-17(16)23(13)12-14-8-10-15(11-9-14)24-19(20,21)22/h4-5,7-11,16H,1,6,12H2,2-3H3. The fraction of sp³-hybridized carbons (Fsp3) is 0.368. The van der Waals surface area contributed by atoms with Crippen LogP contribution in [0.25, 0.3) is 0 Å². The van der Waals surface area contributed by atoms with Crippen LogP contribution < -0.4 is 4.74 Å². The fourth-order valence-electron chi connectivity index (χ4n) is 3.43. The first kappa shape index (κ1) is 16.7. The van der Waals surface area contributed by atoms with Gasteiger partial charge in [0.05, 0.1) is 0 Å². The molecule has 0 aromatic heterocycles. The van der Waals surface area contributed by atoms with Crippen molar-refractivity contribution in [1.82, 2.24) is 4.90 Å². The maximum absolute atomic E-state index is 12.2. The van der Waals surface area contributed by atoms with Gasteiger partial charge in [-0.2, -0.15) is 0 Å². The second-order valence-electron chi connectivity index (χ2n) is 6.75. The zero-order valence-electron chi connectivity index (χ0n) is 13.7. The number of benzene rings is 1. The molecule has 1 atom stereocenters. The lowest BCUT2D eigenvalue weighted by molar-refractivity contribution is -0.274. The number of nitrogens with zero attached hydrogens (tertiary/aromatic N) is 1. The molecule has 1 heterocycles. The molecule has 2 aliphatic rings. The van der Waals surface area contributed by atoms with E-state index in [1.807, 2.05) is 6.08 Å². The Hall–Kier alpha value is -2.17. The zero-order valence-corrected chi connectivity index (χ0v) is 13.7. The molecule has 5 heteroatoms. The first-order valence-corrected chi connectivity index (χ1v) is 7.87. The van der Waals surface area contributed by atoms with Crippen molar-refractivity contribution in [1.29, 1.82) is 0 Å². The van der Waals surface area contributed by atoms with Crippen LogP contribution in [-0.2, 0) is 6.54 Å². The maximum atomic E-state index is 12.2. The van der Waals surface area contributed by atoms with E-state index < -0.39 is 6.36 Å². The number of fused-ring (bicyclic) bond motifs is 1. The second-order valence-corrected chi connectivity index (χ2v) is 6.75. The van der Waals surface area contributed by atoms with Crippen molar-refractivity contribution in [2.45, 2.75) is 33.2 Å². The molecular formula is C19H20F3NO. The van der Waals surface area contributed by atoms with Gasteiger partial charge in [0.25, 0.3) is 0 Å². The fourth-order valence-corrected chi connectivity index (χ4v) is 3.43. The number of rotatable bonds is 3. The van der Waals surface area contributed by atoms with Crippen molar-refractivity contribution in [2.75, 3.05) is 0 Å². The van der Waals surface area contributed by atoms with E-state index in [0.29, 0.717) is 12.5 Å². The van der Waals surface area contributed by atoms with Crippen LogP contribution in [0.3, 0.4) is 0 Å². The Morgan fingerprint density at radius 3 is 2.54 bits per heavy atom. The van der Waals surface area contributed by atoms with Crippen LogP contribution in [-0.4, -0.2) is 11.3 Å². The molecule has 0 radical (unpaired) electrons. The van der Waals surface area contributed by atoms with E-state index in [1.54, 1.807) is 12.1 Å². The summed E-state index contributed by atoms with van der Waals surface area (Å²) in [6, 6.07) is 6.01. The Morgan fingerprint density at radius 1 is 1.25 bits per heavy atom. The number of ether oxygens (including phenoxy) is 1. The number of likely N-dealkylation sites (tertiary alicyclic amines) is 1. The highest BCUT2D eigenvalue weighted by Gasteiger charge is 2.45. The summed E-state index contributed by atoms with van der Waals surface area (Å²) in [5.41, 5.74) is 3.15. The van der Waals surface area contributed by atoms with Crippen LogP contribution in [0.4, 0.5) is 13.2 Å². The first-order chi connectivity index (χ1) is 11.2. The Balaban J connectivity index is 1.79. The van der Waals surface area contributed by atoms with E-state index in [0.717, 1.165) is 17.7 Å². The number of alkyl halides is 3. The molecule has 0 saturated carbocycles. The molecule has 3 rings (SSSR count). The number of hydrogen-bond acceptors (Lipinski definition) is 2. The molecule has 0 amide bonds. The molecule has 128 valence electrons. The van der Waals surface area contributed by atoms with Crippen LogP contribution in [0.2, 0.25) is 0 Å². The third-order valence-electron chi connectivity index (χ3n) is 4.88. The first-order valence-electron chi connectivity index (χ1n) is 7.87. The minimum Gasteiger partial charge on any atom is -0.406 e. The Bertz CT molecular complexity index is 698. The molecule has 1 aliphatic carbocycles. The summed E-state index contributed by atoms with van der Waals surface area (Å²) in [7, 11) is 0. The van der Waals surface area contributed by atoms with Crippen molar-refractivity contribution < 1.29 is 17.9 Å². The molecule has 1 unspecified atom stereocenters. The molecule has 24 heavy (non-hydrogen) atoms. The van der Waals surface area contributed by atoms with Crippen LogP contribution >= 0.6 is 0 Å². The van der Waals surface area contributed by atoms with Crippen molar-refractivity contribution >= 4 is 0 Å². The minimum absolute atomic E-state index is 0.0318. The molecule has 1 aromatic rings. The van der Waals surface area contributed by atoms with Gasteiger partial charge in [-0.15, -0.1) is 13.2 Å². The summed E-state index contributed by atoms with van der Waals surface area (Å²) in [6.45, 7) is 9.22. The topological polar surface area (TPSA) is 12.5 Å². The Morgan fingerprint density at radius 2 is 1.92 bits per heavy atom. The molecule has 2 nitrogen and oxygen atoms in total. The average Bonchev–Trinajstić information content (AvgIpc) is 2.69. The molecular weight excluding hydrogens is 315 g/mol. The van der Waals surface area contributed by atoms with Gasteiger partial charge in [0, 0.05) is 29.3 Å². The Kier molecular flexibility index (Phi) is 3.98. The molecule has 1 aromatic carbocycles. The van der Waals surface area contributed by atoms with Crippen LogP contribution in [0.5, 0.6) is 5.75 Å². The smallest absolute Gasteiger partial charge is 0.406 e. The zero-order chi connectivity index (χ0) is 17.5. The SMILES string of the molecule is C=C1N(Cc2ccc(OC(F)(F)F)cc2)C2=CC=CCC2C1(C)C. The van der Waals surface area contributed by atoms with Gasteiger partial charge in [-0.3, -0.25) is 0 Å². The number of hydrogen-bond donors (Lipinski definition) is 0. The van der Waals surface area contributed by atoms with Gasteiger partial charge in [-0.05, 0) is 30.2 Å². The summed E-state index contributed by atoms with van der Waals surface area (Å²) in [5.74, 6) is 0.187. The lowest BCUT2D eigenvalue weighted by Gasteiger charge is -2.26. The second kappa shape index (κ2) is 5.72. The van der Waals surface area contributed by atoms with Crippen LogP contribution in [0.15, 0.2) is 60.5 Å². The minimum atomic E-state index is -4.67. The van der Waals surface area contributed by atoms with Gasteiger partial charge >= 0.3 is 6.36 Å². The molecule has 0 bridgehead atoms. The van der Waals surface area contributed by atoms with Crippen molar-refractivity contribution in [3.8, 4) is 5.75 Å². The quantitative estimate of drug-likeness (QED) is 0.733. The normalized spacial score (nSPS) is 22.4. The van der Waals surface area contributed by atoms with E-state index in [4.69, 9.17) is 0 Å². The molecule has 0 spiro atoms. The molecule has 1 saturated heterocycles. The van der Waals surface area contributed by atoms with Gasteiger partial charge < -0.3 is 9.64 Å². The van der Waals surface area contributed by atoms with Gasteiger partial charge in [-0.25, -0.2) is 0 Å². The molecule has 1 aliphatic heterocycles. The highest BCUT2D eigenvalue weighted by atomic mass is 19.4. The summed E-state index contributed by atoms with van der Waals surface area (Å²) < 4.78 is 40.6. The van der Waals surface area contributed by atoms with Gasteiger partial charge in [0.15, 0.2) is 0 Å². The number of halogens is 3. The maximum Gasteiger partial charge on any atom is 0.573 e. The average molecular weight is 335 g/mol. The lowest BCUT2D eigenvalue weighted by atomic mass is 9.76. The Labute approximate surface area is 139 Å². The largest absolute Gasteiger partial charge is 0.573 e. The van der Waals surface area contributed by atoms with Gasteiger partial charge in [0.1, 0.15) is 5.75 Å². The highest BCUT2D eigenvalue weighted by molar-refractivity contribution is 5.37.